The molecule has 1 fully saturated rings. The van der Waals surface area contributed by atoms with Gasteiger partial charge < -0.3 is 10.2 Å². The summed E-state index contributed by atoms with van der Waals surface area (Å²) >= 11 is 0. The summed E-state index contributed by atoms with van der Waals surface area (Å²) in [4.78, 5) is 21.8. The van der Waals surface area contributed by atoms with E-state index < -0.39 is 0 Å². The molecule has 0 radical (unpaired) electrons. The van der Waals surface area contributed by atoms with Crippen LogP contribution in [0.15, 0.2) is 18.6 Å². The standard InChI is InChI=1S/C11H17N5O/c1-16-6-2-9(3-7-16)14-11(17)15-10-8-12-4-5-13-10/h4-5,8-9H,2-3,6-7H2,1H3,(H2,13,14,15,17). The summed E-state index contributed by atoms with van der Waals surface area (Å²) in [7, 11) is 2.09. The fourth-order valence-corrected chi connectivity index (χ4v) is 1.85. The summed E-state index contributed by atoms with van der Waals surface area (Å²) in [5.41, 5.74) is 0. The van der Waals surface area contributed by atoms with Gasteiger partial charge in [0.1, 0.15) is 0 Å². The maximum Gasteiger partial charge on any atom is 0.320 e. The van der Waals surface area contributed by atoms with Crippen LogP contribution in [0, 0.1) is 0 Å². The molecule has 1 aromatic heterocycles. The van der Waals surface area contributed by atoms with Crippen molar-refractivity contribution in [3.05, 3.63) is 18.6 Å². The number of hydrogen-bond donors (Lipinski definition) is 2. The Labute approximate surface area is 100 Å². The second-order valence-corrected chi connectivity index (χ2v) is 4.27. The lowest BCUT2D eigenvalue weighted by atomic mass is 10.1. The van der Waals surface area contributed by atoms with Gasteiger partial charge in [0.15, 0.2) is 5.82 Å². The Bertz CT molecular complexity index is 361. The van der Waals surface area contributed by atoms with E-state index in [4.69, 9.17) is 0 Å². The highest BCUT2D eigenvalue weighted by molar-refractivity contribution is 5.88. The molecule has 2 heterocycles. The van der Waals surface area contributed by atoms with Crippen molar-refractivity contribution >= 4 is 11.8 Å². The Morgan fingerprint density at radius 3 is 2.82 bits per heavy atom. The minimum atomic E-state index is -0.208. The quantitative estimate of drug-likeness (QED) is 0.791. The Morgan fingerprint density at radius 1 is 1.41 bits per heavy atom. The number of aromatic nitrogens is 2. The van der Waals surface area contributed by atoms with Gasteiger partial charge in [-0.2, -0.15) is 0 Å². The van der Waals surface area contributed by atoms with Crippen LogP contribution in [-0.2, 0) is 0 Å². The first-order valence-corrected chi connectivity index (χ1v) is 5.76. The van der Waals surface area contributed by atoms with Gasteiger partial charge in [0.25, 0.3) is 0 Å². The van der Waals surface area contributed by atoms with Gasteiger partial charge in [-0.25, -0.2) is 9.78 Å². The number of hydrogen-bond acceptors (Lipinski definition) is 4. The molecule has 0 aromatic carbocycles. The van der Waals surface area contributed by atoms with E-state index in [0.717, 1.165) is 25.9 Å². The van der Waals surface area contributed by atoms with Crippen LogP contribution in [0.5, 0.6) is 0 Å². The predicted molar refractivity (Wildman–Crippen MR) is 64.7 cm³/mol. The summed E-state index contributed by atoms with van der Waals surface area (Å²) in [5, 5.41) is 5.61. The summed E-state index contributed by atoms with van der Waals surface area (Å²) < 4.78 is 0. The molecular formula is C11H17N5O. The van der Waals surface area contributed by atoms with E-state index in [1.165, 1.54) is 6.20 Å². The minimum Gasteiger partial charge on any atom is -0.335 e. The average Bonchev–Trinajstić information content (AvgIpc) is 2.33. The third-order valence-corrected chi connectivity index (χ3v) is 2.86. The van der Waals surface area contributed by atoms with E-state index >= 15 is 0 Å². The van der Waals surface area contributed by atoms with E-state index in [1.54, 1.807) is 12.4 Å². The van der Waals surface area contributed by atoms with Gasteiger partial charge in [0.05, 0.1) is 6.20 Å². The second kappa shape index (κ2) is 5.58. The largest absolute Gasteiger partial charge is 0.335 e. The molecule has 0 spiro atoms. The van der Waals surface area contributed by atoms with Crippen LogP contribution in [0.25, 0.3) is 0 Å². The van der Waals surface area contributed by atoms with E-state index in [1.807, 2.05) is 0 Å². The molecule has 0 unspecified atom stereocenters. The first-order valence-electron chi connectivity index (χ1n) is 5.76. The molecule has 2 N–H and O–H groups in total. The fourth-order valence-electron chi connectivity index (χ4n) is 1.85. The molecule has 6 heteroatoms. The number of urea groups is 1. The molecule has 2 rings (SSSR count). The first kappa shape index (κ1) is 11.8. The van der Waals surface area contributed by atoms with Crippen molar-refractivity contribution in [2.24, 2.45) is 0 Å². The van der Waals surface area contributed by atoms with Crippen LogP contribution in [0.2, 0.25) is 0 Å². The van der Waals surface area contributed by atoms with Crippen LogP contribution >= 0.6 is 0 Å². The monoisotopic (exact) mass is 235 g/mol. The zero-order valence-corrected chi connectivity index (χ0v) is 9.89. The van der Waals surface area contributed by atoms with Gasteiger partial charge in [0, 0.05) is 18.4 Å². The summed E-state index contributed by atoms with van der Waals surface area (Å²) in [6, 6.07) is 0.0444. The zero-order valence-electron chi connectivity index (χ0n) is 9.89. The van der Waals surface area contributed by atoms with Crippen LogP contribution in [0.3, 0.4) is 0 Å². The fraction of sp³-hybridized carbons (Fsp3) is 0.545. The molecule has 92 valence electrons. The Kier molecular flexibility index (Phi) is 3.87. The molecule has 6 nitrogen and oxygen atoms in total. The lowest BCUT2D eigenvalue weighted by Gasteiger charge is -2.29. The first-order chi connectivity index (χ1) is 8.24. The Hall–Kier alpha value is -1.69. The molecule has 2 amide bonds. The normalized spacial score (nSPS) is 17.7. The zero-order chi connectivity index (χ0) is 12.1. The van der Waals surface area contributed by atoms with Crippen molar-refractivity contribution in [2.45, 2.75) is 18.9 Å². The summed E-state index contributed by atoms with van der Waals surface area (Å²) in [6.07, 6.45) is 6.62. The molecule has 1 aliphatic rings. The third kappa shape index (κ3) is 3.67. The molecule has 1 aromatic rings. The lowest BCUT2D eigenvalue weighted by molar-refractivity contribution is 0.221. The molecular weight excluding hydrogens is 218 g/mol. The van der Waals surface area contributed by atoms with Crippen molar-refractivity contribution in [2.75, 3.05) is 25.5 Å². The van der Waals surface area contributed by atoms with Crippen LogP contribution in [0.4, 0.5) is 10.6 Å². The maximum atomic E-state index is 11.7. The molecule has 0 saturated carbocycles. The number of nitrogens with zero attached hydrogens (tertiary/aromatic N) is 3. The van der Waals surface area contributed by atoms with Crippen LogP contribution < -0.4 is 10.6 Å². The molecule has 0 atom stereocenters. The smallest absolute Gasteiger partial charge is 0.320 e. The lowest BCUT2D eigenvalue weighted by Crippen LogP contribution is -2.44. The molecule has 1 saturated heterocycles. The highest BCUT2D eigenvalue weighted by Crippen LogP contribution is 2.08. The number of amides is 2. The third-order valence-electron chi connectivity index (χ3n) is 2.86. The van der Waals surface area contributed by atoms with Crippen LogP contribution in [0.1, 0.15) is 12.8 Å². The highest BCUT2D eigenvalue weighted by Gasteiger charge is 2.18. The van der Waals surface area contributed by atoms with Crippen molar-refractivity contribution in [3.63, 3.8) is 0 Å². The number of carbonyl (C=O) groups is 1. The molecule has 0 bridgehead atoms. The number of anilines is 1. The van der Waals surface area contributed by atoms with Gasteiger partial charge >= 0.3 is 6.03 Å². The van der Waals surface area contributed by atoms with E-state index in [-0.39, 0.29) is 12.1 Å². The molecule has 17 heavy (non-hydrogen) atoms. The number of carbonyl (C=O) groups excluding carboxylic acids is 1. The van der Waals surface area contributed by atoms with Crippen LogP contribution in [-0.4, -0.2) is 47.1 Å². The Morgan fingerprint density at radius 2 is 2.18 bits per heavy atom. The van der Waals surface area contributed by atoms with Crippen molar-refractivity contribution < 1.29 is 4.79 Å². The number of nitrogens with one attached hydrogen (secondary N) is 2. The second-order valence-electron chi connectivity index (χ2n) is 4.27. The van der Waals surface area contributed by atoms with Gasteiger partial charge in [-0.05, 0) is 33.0 Å². The predicted octanol–water partition coefficient (Wildman–Crippen LogP) is 0.692. The summed E-state index contributed by atoms with van der Waals surface area (Å²) in [6.45, 7) is 2.05. The van der Waals surface area contributed by atoms with E-state index in [2.05, 4.69) is 32.5 Å². The van der Waals surface area contributed by atoms with Gasteiger partial charge in [-0.3, -0.25) is 10.3 Å². The van der Waals surface area contributed by atoms with Crippen molar-refractivity contribution in [1.82, 2.24) is 20.2 Å². The van der Waals surface area contributed by atoms with Crippen molar-refractivity contribution in [1.29, 1.82) is 0 Å². The molecule has 0 aliphatic carbocycles. The van der Waals surface area contributed by atoms with Gasteiger partial charge in [-0.1, -0.05) is 0 Å². The number of rotatable bonds is 2. The number of likely N-dealkylation sites (tertiary alicyclic amines) is 1. The van der Waals surface area contributed by atoms with E-state index in [0.29, 0.717) is 5.82 Å². The number of piperidine rings is 1. The maximum absolute atomic E-state index is 11.7. The SMILES string of the molecule is CN1CCC(NC(=O)Nc2cnccn2)CC1. The molecule has 1 aliphatic heterocycles. The van der Waals surface area contributed by atoms with E-state index in [9.17, 15) is 4.79 Å². The van der Waals surface area contributed by atoms with Gasteiger partial charge in [0.2, 0.25) is 0 Å². The topological polar surface area (TPSA) is 70.2 Å². The Balaban J connectivity index is 1.78. The highest BCUT2D eigenvalue weighted by atomic mass is 16.2. The average molecular weight is 235 g/mol. The summed E-state index contributed by atoms with van der Waals surface area (Å²) in [5.74, 6) is 0.470. The van der Waals surface area contributed by atoms with Gasteiger partial charge in [-0.15, -0.1) is 0 Å². The van der Waals surface area contributed by atoms with Crippen molar-refractivity contribution in [3.8, 4) is 0 Å². The minimum absolute atomic E-state index is 0.208.